The molecule has 6 nitrogen and oxygen atoms in total. The molecular weight excluding hydrogens is 326 g/mol. The molecule has 0 unspecified atom stereocenters. The van der Waals surface area contributed by atoms with Crippen molar-refractivity contribution in [3.63, 3.8) is 0 Å². The molecule has 0 spiro atoms. The maximum atomic E-state index is 12.4. The van der Waals surface area contributed by atoms with Crippen LogP contribution in [0.15, 0.2) is 41.4 Å². The molecule has 0 radical (unpaired) electrons. The van der Waals surface area contributed by atoms with Gasteiger partial charge in [-0.2, -0.15) is 0 Å². The number of carbonyl (C=O) groups is 2. The first kappa shape index (κ1) is 16.3. The van der Waals surface area contributed by atoms with Crippen molar-refractivity contribution in [2.75, 3.05) is 18.2 Å². The van der Waals surface area contributed by atoms with E-state index in [1.54, 1.807) is 43.3 Å². The molecule has 7 heteroatoms. The molecule has 0 saturated heterocycles. The standard InChI is InChI=1S/C17H17N3O3S/c1-23-17-12(3-2-7-18-17)10-19-16(22)11-4-5-14-13(9-11)20-15(21)6-8-24-14/h2-5,7,9H,6,8,10H2,1H3,(H,19,22)(H,20,21). The van der Waals surface area contributed by atoms with Gasteiger partial charge in [0.15, 0.2) is 0 Å². The Labute approximate surface area is 144 Å². The average molecular weight is 343 g/mol. The van der Waals surface area contributed by atoms with E-state index in [1.165, 1.54) is 0 Å². The highest BCUT2D eigenvalue weighted by atomic mass is 32.2. The molecule has 2 amide bonds. The van der Waals surface area contributed by atoms with Crippen LogP contribution in [0.3, 0.4) is 0 Å². The summed E-state index contributed by atoms with van der Waals surface area (Å²) in [6.07, 6.45) is 2.11. The van der Waals surface area contributed by atoms with Gasteiger partial charge in [0.25, 0.3) is 5.91 Å². The van der Waals surface area contributed by atoms with E-state index >= 15 is 0 Å². The maximum Gasteiger partial charge on any atom is 0.251 e. The largest absolute Gasteiger partial charge is 0.481 e. The number of nitrogens with zero attached hydrogens (tertiary/aromatic N) is 1. The third-order valence-electron chi connectivity index (χ3n) is 3.59. The molecule has 0 fully saturated rings. The van der Waals surface area contributed by atoms with Gasteiger partial charge in [0.05, 0.1) is 12.8 Å². The van der Waals surface area contributed by atoms with E-state index in [2.05, 4.69) is 15.6 Å². The maximum absolute atomic E-state index is 12.4. The number of methoxy groups -OCH3 is 1. The SMILES string of the molecule is COc1ncccc1CNC(=O)c1ccc2c(c1)NC(=O)CCS2. The van der Waals surface area contributed by atoms with Gasteiger partial charge >= 0.3 is 0 Å². The van der Waals surface area contributed by atoms with E-state index in [9.17, 15) is 9.59 Å². The molecule has 0 saturated carbocycles. The first-order valence-electron chi connectivity index (χ1n) is 7.50. The fourth-order valence-corrected chi connectivity index (χ4v) is 3.32. The average Bonchev–Trinajstić information content (AvgIpc) is 2.79. The van der Waals surface area contributed by atoms with E-state index in [0.717, 1.165) is 16.2 Å². The lowest BCUT2D eigenvalue weighted by atomic mass is 10.1. The van der Waals surface area contributed by atoms with Crippen LogP contribution in [0, 0.1) is 0 Å². The number of benzene rings is 1. The molecule has 124 valence electrons. The Morgan fingerprint density at radius 1 is 1.42 bits per heavy atom. The zero-order valence-corrected chi connectivity index (χ0v) is 14.0. The zero-order chi connectivity index (χ0) is 16.9. The molecule has 0 bridgehead atoms. The Morgan fingerprint density at radius 2 is 2.29 bits per heavy atom. The van der Waals surface area contributed by atoms with Crippen LogP contribution in [0.25, 0.3) is 0 Å². The van der Waals surface area contributed by atoms with Crippen molar-refractivity contribution in [1.29, 1.82) is 0 Å². The number of rotatable bonds is 4. The first-order valence-corrected chi connectivity index (χ1v) is 8.48. The molecule has 24 heavy (non-hydrogen) atoms. The van der Waals surface area contributed by atoms with Crippen molar-refractivity contribution in [3.8, 4) is 5.88 Å². The molecule has 1 aliphatic heterocycles. The number of anilines is 1. The Kier molecular flexibility index (Phi) is 5.00. The van der Waals surface area contributed by atoms with E-state index in [1.807, 2.05) is 12.1 Å². The summed E-state index contributed by atoms with van der Waals surface area (Å²) >= 11 is 1.61. The fourth-order valence-electron chi connectivity index (χ4n) is 2.38. The molecular formula is C17H17N3O3S. The lowest BCUT2D eigenvalue weighted by Gasteiger charge is -2.11. The molecule has 3 rings (SSSR count). The monoisotopic (exact) mass is 343 g/mol. The predicted octanol–water partition coefficient (Wildman–Crippen LogP) is 2.45. The zero-order valence-electron chi connectivity index (χ0n) is 13.2. The number of hydrogen-bond acceptors (Lipinski definition) is 5. The summed E-state index contributed by atoms with van der Waals surface area (Å²) in [5.41, 5.74) is 1.99. The quantitative estimate of drug-likeness (QED) is 0.891. The Morgan fingerprint density at radius 3 is 3.12 bits per heavy atom. The fraction of sp³-hybridized carbons (Fsp3) is 0.235. The lowest BCUT2D eigenvalue weighted by Crippen LogP contribution is -2.23. The van der Waals surface area contributed by atoms with Crippen LogP contribution in [-0.4, -0.2) is 29.7 Å². The third kappa shape index (κ3) is 3.68. The number of carbonyl (C=O) groups excluding carboxylic acids is 2. The summed E-state index contributed by atoms with van der Waals surface area (Å²) in [6, 6.07) is 8.98. The number of amides is 2. The normalized spacial score (nSPS) is 13.5. The van der Waals surface area contributed by atoms with Gasteiger partial charge in [-0.3, -0.25) is 9.59 Å². The van der Waals surface area contributed by atoms with Gasteiger partial charge < -0.3 is 15.4 Å². The number of pyridine rings is 1. The van der Waals surface area contributed by atoms with Gasteiger partial charge in [0.2, 0.25) is 11.8 Å². The summed E-state index contributed by atoms with van der Waals surface area (Å²) in [4.78, 5) is 29.1. The first-order chi connectivity index (χ1) is 11.7. The van der Waals surface area contributed by atoms with Crippen LogP contribution in [0.4, 0.5) is 5.69 Å². The molecule has 1 aliphatic rings. The van der Waals surface area contributed by atoms with Crippen LogP contribution < -0.4 is 15.4 Å². The number of thioether (sulfide) groups is 1. The van der Waals surface area contributed by atoms with E-state index < -0.39 is 0 Å². The van der Waals surface area contributed by atoms with Gasteiger partial charge in [-0.25, -0.2) is 4.98 Å². The number of hydrogen-bond donors (Lipinski definition) is 2. The predicted molar refractivity (Wildman–Crippen MR) is 92.4 cm³/mol. The van der Waals surface area contributed by atoms with Crippen LogP contribution >= 0.6 is 11.8 Å². The minimum Gasteiger partial charge on any atom is -0.481 e. The minimum absolute atomic E-state index is 0.0288. The van der Waals surface area contributed by atoms with Gasteiger partial charge in [-0.1, -0.05) is 6.07 Å². The van der Waals surface area contributed by atoms with Crippen LogP contribution in [0.2, 0.25) is 0 Å². The van der Waals surface area contributed by atoms with Gasteiger partial charge in [0.1, 0.15) is 0 Å². The molecule has 0 atom stereocenters. The summed E-state index contributed by atoms with van der Waals surface area (Å²) in [6.45, 7) is 0.314. The summed E-state index contributed by atoms with van der Waals surface area (Å²) in [5.74, 6) is 0.986. The molecule has 2 heterocycles. The second-order valence-electron chi connectivity index (χ2n) is 5.21. The number of ether oxygens (including phenoxy) is 1. The summed E-state index contributed by atoms with van der Waals surface area (Å²) in [5, 5.41) is 5.69. The highest BCUT2D eigenvalue weighted by Gasteiger charge is 2.16. The number of fused-ring (bicyclic) bond motifs is 1. The Balaban J connectivity index is 1.72. The van der Waals surface area contributed by atoms with E-state index in [-0.39, 0.29) is 11.8 Å². The van der Waals surface area contributed by atoms with Crippen molar-refractivity contribution in [2.45, 2.75) is 17.9 Å². The molecule has 1 aromatic heterocycles. The van der Waals surface area contributed by atoms with Gasteiger partial charge in [-0.15, -0.1) is 11.8 Å². The van der Waals surface area contributed by atoms with Crippen LogP contribution in [0.5, 0.6) is 5.88 Å². The summed E-state index contributed by atoms with van der Waals surface area (Å²) in [7, 11) is 1.54. The van der Waals surface area contributed by atoms with Crippen molar-refractivity contribution in [1.82, 2.24) is 10.3 Å². The molecule has 2 N–H and O–H groups in total. The van der Waals surface area contributed by atoms with Gasteiger partial charge in [-0.05, 0) is 24.3 Å². The Bertz CT molecular complexity index is 779. The topological polar surface area (TPSA) is 80.3 Å². The van der Waals surface area contributed by atoms with E-state index in [0.29, 0.717) is 30.1 Å². The lowest BCUT2D eigenvalue weighted by molar-refractivity contribution is -0.115. The number of aromatic nitrogens is 1. The van der Waals surface area contributed by atoms with Crippen molar-refractivity contribution in [3.05, 3.63) is 47.7 Å². The van der Waals surface area contributed by atoms with Gasteiger partial charge in [0, 0.05) is 40.9 Å². The van der Waals surface area contributed by atoms with E-state index in [4.69, 9.17) is 4.74 Å². The minimum atomic E-state index is -0.216. The second-order valence-corrected chi connectivity index (χ2v) is 6.35. The third-order valence-corrected chi connectivity index (χ3v) is 4.66. The smallest absolute Gasteiger partial charge is 0.251 e. The molecule has 2 aromatic rings. The van der Waals surface area contributed by atoms with Crippen LogP contribution in [0.1, 0.15) is 22.3 Å². The Hall–Kier alpha value is -2.54. The second kappa shape index (κ2) is 7.35. The summed E-state index contributed by atoms with van der Waals surface area (Å²) < 4.78 is 5.17. The van der Waals surface area contributed by atoms with Crippen molar-refractivity contribution >= 4 is 29.3 Å². The molecule has 1 aromatic carbocycles. The van der Waals surface area contributed by atoms with Crippen molar-refractivity contribution < 1.29 is 14.3 Å². The highest BCUT2D eigenvalue weighted by molar-refractivity contribution is 7.99. The number of nitrogens with one attached hydrogen (secondary N) is 2. The van der Waals surface area contributed by atoms with Crippen molar-refractivity contribution in [2.24, 2.45) is 0 Å². The highest BCUT2D eigenvalue weighted by Crippen LogP contribution is 2.31. The van der Waals surface area contributed by atoms with Crippen LogP contribution in [-0.2, 0) is 11.3 Å². The molecule has 0 aliphatic carbocycles.